The van der Waals surface area contributed by atoms with Crippen LogP contribution in [-0.4, -0.2) is 22.9 Å². The van der Waals surface area contributed by atoms with E-state index in [0.29, 0.717) is 24.4 Å². The fourth-order valence-corrected chi connectivity index (χ4v) is 4.75. The van der Waals surface area contributed by atoms with Crippen molar-refractivity contribution in [3.63, 3.8) is 0 Å². The van der Waals surface area contributed by atoms with E-state index in [0.717, 1.165) is 25.2 Å². The van der Waals surface area contributed by atoms with Crippen LogP contribution in [0.5, 0.6) is 0 Å². The van der Waals surface area contributed by atoms with Gasteiger partial charge in [-0.25, -0.2) is 0 Å². The van der Waals surface area contributed by atoms with E-state index in [2.05, 4.69) is 33.8 Å². The Morgan fingerprint density at radius 1 is 1.29 bits per heavy atom. The summed E-state index contributed by atoms with van der Waals surface area (Å²) in [7, 11) is 0. The summed E-state index contributed by atoms with van der Waals surface area (Å²) in [5, 5.41) is 19.4. The number of allylic oxidation sites excluding steroid dienone is 2. The van der Waals surface area contributed by atoms with Crippen molar-refractivity contribution >= 4 is 0 Å². The minimum absolute atomic E-state index is 0.0507. The van der Waals surface area contributed by atoms with E-state index in [4.69, 9.17) is 5.11 Å². The van der Waals surface area contributed by atoms with Crippen molar-refractivity contribution in [3.05, 3.63) is 11.6 Å². The molecule has 2 aliphatic carbocycles. The summed E-state index contributed by atoms with van der Waals surface area (Å²) in [6.45, 7) is 9.38. The Balaban J connectivity index is 2.07. The third kappa shape index (κ3) is 3.53. The fraction of sp³-hybridized carbons (Fsp3) is 0.895. The van der Waals surface area contributed by atoms with Crippen molar-refractivity contribution in [1.82, 2.24) is 0 Å². The van der Waals surface area contributed by atoms with Crippen LogP contribution >= 0.6 is 0 Å². The zero-order valence-corrected chi connectivity index (χ0v) is 14.3. The van der Waals surface area contributed by atoms with Crippen LogP contribution in [-0.2, 0) is 0 Å². The molecule has 5 atom stereocenters. The molecule has 2 nitrogen and oxygen atoms in total. The van der Waals surface area contributed by atoms with E-state index in [-0.39, 0.29) is 11.5 Å². The molecule has 122 valence electrons. The summed E-state index contributed by atoms with van der Waals surface area (Å²) in [5.41, 5.74) is 1.62. The lowest BCUT2D eigenvalue weighted by Gasteiger charge is -2.52. The Hall–Kier alpha value is -0.340. The van der Waals surface area contributed by atoms with Gasteiger partial charge in [-0.15, -0.1) is 0 Å². The highest BCUT2D eigenvalue weighted by Crippen LogP contribution is 2.53. The van der Waals surface area contributed by atoms with Gasteiger partial charge in [-0.1, -0.05) is 38.8 Å². The van der Waals surface area contributed by atoms with Gasteiger partial charge in [0, 0.05) is 6.61 Å². The fourth-order valence-electron chi connectivity index (χ4n) is 4.75. The number of aliphatic hydroxyl groups is 2. The summed E-state index contributed by atoms with van der Waals surface area (Å²) in [4.78, 5) is 0. The molecule has 2 aliphatic rings. The average Bonchev–Trinajstić information content (AvgIpc) is 2.42. The minimum Gasteiger partial charge on any atom is -0.396 e. The first-order valence-corrected chi connectivity index (χ1v) is 8.83. The number of fused-ring (bicyclic) bond motifs is 1. The second-order valence-corrected chi connectivity index (χ2v) is 8.17. The van der Waals surface area contributed by atoms with Gasteiger partial charge in [-0.3, -0.25) is 0 Å². The molecule has 1 fully saturated rings. The first-order chi connectivity index (χ1) is 9.87. The Labute approximate surface area is 130 Å². The Morgan fingerprint density at radius 3 is 2.67 bits per heavy atom. The van der Waals surface area contributed by atoms with Gasteiger partial charge in [-0.2, -0.15) is 0 Å². The highest BCUT2D eigenvalue weighted by atomic mass is 16.3. The van der Waals surface area contributed by atoms with E-state index in [9.17, 15) is 5.11 Å². The van der Waals surface area contributed by atoms with Crippen LogP contribution in [0.15, 0.2) is 11.6 Å². The predicted molar refractivity (Wildman–Crippen MR) is 88.0 cm³/mol. The lowest BCUT2D eigenvalue weighted by molar-refractivity contribution is -0.0715. The van der Waals surface area contributed by atoms with Crippen LogP contribution < -0.4 is 0 Å². The molecule has 0 radical (unpaired) electrons. The summed E-state index contributed by atoms with van der Waals surface area (Å²) in [6, 6.07) is 0. The molecule has 2 unspecified atom stereocenters. The lowest BCUT2D eigenvalue weighted by Crippen LogP contribution is -2.48. The molecule has 0 aromatic carbocycles. The topological polar surface area (TPSA) is 40.5 Å². The Bertz CT molecular complexity index is 372. The molecule has 0 bridgehead atoms. The van der Waals surface area contributed by atoms with Gasteiger partial charge < -0.3 is 10.2 Å². The maximum atomic E-state index is 10.4. The maximum absolute atomic E-state index is 10.4. The van der Waals surface area contributed by atoms with Gasteiger partial charge >= 0.3 is 0 Å². The molecule has 0 aromatic heterocycles. The molecule has 2 N–H and O–H groups in total. The molecular formula is C19H34O2. The van der Waals surface area contributed by atoms with Crippen LogP contribution in [0.1, 0.15) is 66.2 Å². The molecule has 0 aliphatic heterocycles. The standard InChI is InChI=1S/C19H34O2/c1-13(11-12-20)5-7-15-14(2)6-9-17-16(15)8-10-18(21)19(17,3)4/h6,13,15-18,20-21H,5,7-12H2,1-4H3/t13-,15?,16+,17?,18-/m0/s1. The predicted octanol–water partition coefficient (Wildman–Crippen LogP) is 4.16. The van der Waals surface area contributed by atoms with Gasteiger partial charge in [0.15, 0.2) is 0 Å². The minimum atomic E-state index is -0.139. The van der Waals surface area contributed by atoms with Crippen molar-refractivity contribution in [2.75, 3.05) is 6.61 Å². The van der Waals surface area contributed by atoms with Crippen LogP contribution in [0.25, 0.3) is 0 Å². The molecule has 2 heteroatoms. The van der Waals surface area contributed by atoms with Gasteiger partial charge in [0.2, 0.25) is 0 Å². The van der Waals surface area contributed by atoms with Gasteiger partial charge in [-0.05, 0) is 68.1 Å². The Morgan fingerprint density at radius 2 is 2.00 bits per heavy atom. The van der Waals surface area contributed by atoms with Crippen molar-refractivity contribution in [2.24, 2.45) is 29.1 Å². The maximum Gasteiger partial charge on any atom is 0.0594 e. The summed E-state index contributed by atoms with van der Waals surface area (Å²) < 4.78 is 0. The number of hydrogen-bond donors (Lipinski definition) is 2. The second kappa shape index (κ2) is 6.83. The molecule has 0 amide bonds. The van der Waals surface area contributed by atoms with Crippen LogP contribution in [0.3, 0.4) is 0 Å². The summed E-state index contributed by atoms with van der Waals surface area (Å²) in [5.74, 6) is 2.68. The quantitative estimate of drug-likeness (QED) is 0.747. The molecule has 0 saturated heterocycles. The SMILES string of the molecule is CC1=CCC2[C@H](CC[C@H](O)C2(C)C)C1CC[C@H](C)CCO. The smallest absolute Gasteiger partial charge is 0.0594 e. The van der Waals surface area contributed by atoms with Gasteiger partial charge in [0.1, 0.15) is 0 Å². The third-order valence-electron chi connectivity index (χ3n) is 6.49. The molecular weight excluding hydrogens is 260 g/mol. The van der Waals surface area contributed by atoms with Crippen LogP contribution in [0.2, 0.25) is 0 Å². The average molecular weight is 294 g/mol. The molecule has 0 aromatic rings. The first-order valence-electron chi connectivity index (χ1n) is 8.83. The van der Waals surface area contributed by atoms with Crippen molar-refractivity contribution in [1.29, 1.82) is 0 Å². The molecule has 2 rings (SSSR count). The first kappa shape index (κ1) is 17.0. The normalized spacial score (nSPS) is 36.8. The van der Waals surface area contributed by atoms with Gasteiger partial charge in [0.25, 0.3) is 0 Å². The lowest BCUT2D eigenvalue weighted by atomic mass is 9.54. The van der Waals surface area contributed by atoms with Crippen molar-refractivity contribution in [3.8, 4) is 0 Å². The highest BCUT2D eigenvalue weighted by molar-refractivity contribution is 5.14. The monoisotopic (exact) mass is 294 g/mol. The highest BCUT2D eigenvalue weighted by Gasteiger charge is 2.47. The van der Waals surface area contributed by atoms with Gasteiger partial charge in [0.05, 0.1) is 6.10 Å². The number of rotatable bonds is 5. The van der Waals surface area contributed by atoms with E-state index in [1.54, 1.807) is 5.57 Å². The molecule has 0 spiro atoms. The summed E-state index contributed by atoms with van der Waals surface area (Å²) in [6.07, 6.45) is 8.96. The Kier molecular flexibility index (Phi) is 5.54. The van der Waals surface area contributed by atoms with Crippen LogP contribution in [0, 0.1) is 29.1 Å². The van der Waals surface area contributed by atoms with Crippen molar-refractivity contribution < 1.29 is 10.2 Å². The molecule has 21 heavy (non-hydrogen) atoms. The zero-order chi connectivity index (χ0) is 15.6. The second-order valence-electron chi connectivity index (χ2n) is 8.17. The molecule has 0 heterocycles. The zero-order valence-electron chi connectivity index (χ0n) is 14.3. The van der Waals surface area contributed by atoms with Crippen molar-refractivity contribution in [2.45, 2.75) is 72.3 Å². The summed E-state index contributed by atoms with van der Waals surface area (Å²) >= 11 is 0. The van der Waals surface area contributed by atoms with E-state index >= 15 is 0 Å². The number of aliphatic hydroxyl groups excluding tert-OH is 2. The van der Waals surface area contributed by atoms with E-state index in [1.165, 1.54) is 19.3 Å². The largest absolute Gasteiger partial charge is 0.396 e. The molecule has 1 saturated carbocycles. The number of hydrogen-bond acceptors (Lipinski definition) is 2. The van der Waals surface area contributed by atoms with Crippen LogP contribution in [0.4, 0.5) is 0 Å². The third-order valence-corrected chi connectivity index (χ3v) is 6.49. The van der Waals surface area contributed by atoms with E-state index < -0.39 is 0 Å². The van der Waals surface area contributed by atoms with E-state index in [1.807, 2.05) is 0 Å².